The largest absolute Gasteiger partial charge is 0.452 e. The Morgan fingerprint density at radius 2 is 1.96 bits per heavy atom. The molecule has 23 heavy (non-hydrogen) atoms. The first kappa shape index (κ1) is 18.3. The summed E-state index contributed by atoms with van der Waals surface area (Å²) in [5.74, 6) is -0.0365. The lowest BCUT2D eigenvalue weighted by Gasteiger charge is -2.33. The standard InChI is InChI=1S/C17H21BrClNO3/c1-11-3-6-13(7-4-11)20(2)16(21)10-23-17(22)14-9-12(18)5-8-15(14)19/h5,8-9,11,13H,3-4,6-7,10H2,1-2H3. The molecule has 0 spiro atoms. The number of amides is 1. The van der Waals surface area contributed by atoms with Crippen molar-refractivity contribution >= 4 is 39.4 Å². The minimum atomic E-state index is -0.588. The van der Waals surface area contributed by atoms with E-state index in [0.717, 1.165) is 36.1 Å². The minimum Gasteiger partial charge on any atom is -0.452 e. The topological polar surface area (TPSA) is 46.6 Å². The van der Waals surface area contributed by atoms with Crippen LogP contribution in [0.25, 0.3) is 0 Å². The van der Waals surface area contributed by atoms with E-state index in [1.54, 1.807) is 30.1 Å². The Balaban J connectivity index is 1.88. The van der Waals surface area contributed by atoms with Gasteiger partial charge in [-0.05, 0) is 49.8 Å². The van der Waals surface area contributed by atoms with Crippen LogP contribution in [0.3, 0.4) is 0 Å². The van der Waals surface area contributed by atoms with Crippen LogP contribution in [0, 0.1) is 5.92 Å². The second-order valence-electron chi connectivity index (χ2n) is 6.12. The molecule has 1 amide bonds. The number of carbonyl (C=O) groups excluding carboxylic acids is 2. The van der Waals surface area contributed by atoms with Crippen LogP contribution in [0.1, 0.15) is 43.0 Å². The highest BCUT2D eigenvalue weighted by atomic mass is 79.9. The Kier molecular flexibility index (Phi) is 6.48. The number of hydrogen-bond acceptors (Lipinski definition) is 3. The minimum absolute atomic E-state index is 0.177. The molecule has 0 N–H and O–H groups in total. The third-order valence-corrected chi connectivity index (χ3v) is 5.22. The van der Waals surface area contributed by atoms with Crippen LogP contribution in [0.2, 0.25) is 5.02 Å². The molecular weight excluding hydrogens is 382 g/mol. The van der Waals surface area contributed by atoms with Gasteiger partial charge in [0.2, 0.25) is 0 Å². The Morgan fingerprint density at radius 3 is 2.61 bits per heavy atom. The predicted octanol–water partition coefficient (Wildman–Crippen LogP) is 4.30. The van der Waals surface area contributed by atoms with Gasteiger partial charge in [-0.1, -0.05) is 34.5 Å². The molecule has 1 aromatic rings. The highest BCUT2D eigenvalue weighted by Gasteiger charge is 2.25. The van der Waals surface area contributed by atoms with E-state index >= 15 is 0 Å². The number of esters is 1. The van der Waals surface area contributed by atoms with Crippen LogP contribution in [0.4, 0.5) is 0 Å². The number of hydrogen-bond donors (Lipinski definition) is 0. The molecule has 0 bridgehead atoms. The summed E-state index contributed by atoms with van der Waals surface area (Å²) in [6.45, 7) is 1.98. The summed E-state index contributed by atoms with van der Waals surface area (Å²) < 4.78 is 5.85. The Hall–Kier alpha value is -1.07. The summed E-state index contributed by atoms with van der Waals surface area (Å²) in [6.07, 6.45) is 4.29. The van der Waals surface area contributed by atoms with Gasteiger partial charge in [-0.2, -0.15) is 0 Å². The number of carbonyl (C=O) groups is 2. The summed E-state index contributed by atoms with van der Waals surface area (Å²) in [7, 11) is 1.78. The van der Waals surface area contributed by atoms with Crippen molar-refractivity contribution < 1.29 is 14.3 Å². The molecule has 1 aliphatic rings. The van der Waals surface area contributed by atoms with Crippen LogP contribution in [-0.4, -0.2) is 36.5 Å². The van der Waals surface area contributed by atoms with Crippen LogP contribution < -0.4 is 0 Å². The first-order valence-corrected chi connectivity index (χ1v) is 8.93. The van der Waals surface area contributed by atoms with Crippen molar-refractivity contribution in [1.29, 1.82) is 0 Å². The first-order valence-electron chi connectivity index (χ1n) is 7.76. The van der Waals surface area contributed by atoms with E-state index in [2.05, 4.69) is 22.9 Å². The molecule has 0 radical (unpaired) electrons. The number of ether oxygens (including phenoxy) is 1. The summed E-state index contributed by atoms with van der Waals surface area (Å²) in [5.41, 5.74) is 0.253. The fourth-order valence-corrected chi connectivity index (χ4v) is 3.35. The molecule has 0 aromatic heterocycles. The van der Waals surface area contributed by atoms with E-state index in [4.69, 9.17) is 16.3 Å². The lowest BCUT2D eigenvalue weighted by Crippen LogP contribution is -2.41. The maximum absolute atomic E-state index is 12.2. The number of nitrogens with zero attached hydrogens (tertiary/aromatic N) is 1. The smallest absolute Gasteiger partial charge is 0.340 e. The summed E-state index contributed by atoms with van der Waals surface area (Å²) >= 11 is 9.27. The third kappa shape index (κ3) is 4.95. The van der Waals surface area contributed by atoms with Crippen molar-refractivity contribution in [3.05, 3.63) is 33.3 Å². The molecule has 1 fully saturated rings. The monoisotopic (exact) mass is 401 g/mol. The molecule has 0 aliphatic heterocycles. The average Bonchev–Trinajstić information content (AvgIpc) is 2.54. The van der Waals surface area contributed by atoms with Gasteiger partial charge in [0, 0.05) is 17.6 Å². The van der Waals surface area contributed by atoms with Gasteiger partial charge in [-0.3, -0.25) is 4.79 Å². The molecule has 0 unspecified atom stereocenters. The lowest BCUT2D eigenvalue weighted by atomic mass is 9.87. The predicted molar refractivity (Wildman–Crippen MR) is 93.6 cm³/mol. The summed E-state index contributed by atoms with van der Waals surface area (Å²) in [4.78, 5) is 26.0. The van der Waals surface area contributed by atoms with Gasteiger partial charge in [-0.25, -0.2) is 4.79 Å². The Bertz CT molecular complexity index is 585. The van der Waals surface area contributed by atoms with E-state index in [9.17, 15) is 9.59 Å². The van der Waals surface area contributed by atoms with Gasteiger partial charge in [0.1, 0.15) is 0 Å². The summed E-state index contributed by atoms with van der Waals surface area (Å²) in [5, 5.41) is 0.306. The molecule has 4 nitrogen and oxygen atoms in total. The lowest BCUT2D eigenvalue weighted by molar-refractivity contribution is -0.136. The van der Waals surface area contributed by atoms with E-state index in [1.165, 1.54) is 0 Å². The van der Waals surface area contributed by atoms with Crippen LogP contribution in [0.5, 0.6) is 0 Å². The quantitative estimate of drug-likeness (QED) is 0.706. The van der Waals surface area contributed by atoms with Gasteiger partial charge >= 0.3 is 5.97 Å². The molecule has 0 saturated heterocycles. The zero-order chi connectivity index (χ0) is 17.0. The molecular formula is C17H21BrClNO3. The fourth-order valence-electron chi connectivity index (χ4n) is 2.79. The van der Waals surface area contributed by atoms with Crippen molar-refractivity contribution in [3.8, 4) is 0 Å². The Labute approximate surface area is 150 Å². The SMILES string of the molecule is CC1CCC(N(C)C(=O)COC(=O)c2cc(Br)ccc2Cl)CC1. The average molecular weight is 403 g/mol. The molecule has 0 heterocycles. The summed E-state index contributed by atoms with van der Waals surface area (Å²) in [6, 6.07) is 5.18. The van der Waals surface area contributed by atoms with E-state index in [0.29, 0.717) is 5.02 Å². The van der Waals surface area contributed by atoms with E-state index in [-0.39, 0.29) is 24.1 Å². The maximum atomic E-state index is 12.2. The number of likely N-dealkylation sites (N-methyl/N-ethyl adjacent to an activating group) is 1. The maximum Gasteiger partial charge on any atom is 0.340 e. The Morgan fingerprint density at radius 1 is 1.30 bits per heavy atom. The van der Waals surface area contributed by atoms with Crippen molar-refractivity contribution in [2.45, 2.75) is 38.6 Å². The number of benzene rings is 1. The zero-order valence-corrected chi connectivity index (χ0v) is 15.7. The molecule has 1 saturated carbocycles. The first-order chi connectivity index (χ1) is 10.9. The van der Waals surface area contributed by atoms with Crippen LogP contribution in [0.15, 0.2) is 22.7 Å². The van der Waals surface area contributed by atoms with Crippen molar-refractivity contribution in [1.82, 2.24) is 4.90 Å². The fraction of sp³-hybridized carbons (Fsp3) is 0.529. The van der Waals surface area contributed by atoms with Gasteiger partial charge < -0.3 is 9.64 Å². The normalized spacial score (nSPS) is 20.9. The van der Waals surface area contributed by atoms with Gasteiger partial charge in [-0.15, -0.1) is 0 Å². The van der Waals surface area contributed by atoms with E-state index < -0.39 is 5.97 Å². The second-order valence-corrected chi connectivity index (χ2v) is 7.44. The van der Waals surface area contributed by atoms with Crippen LogP contribution >= 0.6 is 27.5 Å². The molecule has 1 aromatic carbocycles. The van der Waals surface area contributed by atoms with Gasteiger partial charge in [0.05, 0.1) is 10.6 Å². The highest BCUT2D eigenvalue weighted by Crippen LogP contribution is 2.26. The highest BCUT2D eigenvalue weighted by molar-refractivity contribution is 9.10. The van der Waals surface area contributed by atoms with E-state index in [1.807, 2.05) is 0 Å². The second kappa shape index (κ2) is 8.15. The molecule has 1 aliphatic carbocycles. The molecule has 126 valence electrons. The molecule has 2 rings (SSSR count). The molecule has 6 heteroatoms. The van der Waals surface area contributed by atoms with Gasteiger partial charge in [0.25, 0.3) is 5.91 Å². The van der Waals surface area contributed by atoms with Crippen LogP contribution in [-0.2, 0) is 9.53 Å². The number of halogens is 2. The molecule has 0 atom stereocenters. The van der Waals surface area contributed by atoms with Crippen molar-refractivity contribution in [2.75, 3.05) is 13.7 Å². The van der Waals surface area contributed by atoms with Crippen molar-refractivity contribution in [3.63, 3.8) is 0 Å². The van der Waals surface area contributed by atoms with Crippen molar-refractivity contribution in [2.24, 2.45) is 5.92 Å². The zero-order valence-electron chi connectivity index (χ0n) is 13.4. The number of rotatable bonds is 4. The third-order valence-electron chi connectivity index (χ3n) is 4.40. The van der Waals surface area contributed by atoms with Gasteiger partial charge in [0.15, 0.2) is 6.61 Å².